The molecule has 0 aliphatic rings. The van der Waals surface area contributed by atoms with E-state index in [-0.39, 0.29) is 0 Å². The molecule has 1 heterocycles. The first-order chi connectivity index (χ1) is 9.40. The summed E-state index contributed by atoms with van der Waals surface area (Å²) in [4.78, 5) is 6.99. The molecule has 0 saturated carbocycles. The van der Waals surface area contributed by atoms with Crippen molar-refractivity contribution in [1.82, 2.24) is 15.2 Å². The number of hydrogen-bond acceptors (Lipinski definition) is 4. The summed E-state index contributed by atoms with van der Waals surface area (Å²) in [7, 11) is 2.21. The van der Waals surface area contributed by atoms with Crippen LogP contribution in [0.25, 0.3) is 0 Å². The minimum Gasteiger partial charge on any atom is -0.314 e. The van der Waals surface area contributed by atoms with Gasteiger partial charge in [-0.25, -0.2) is 4.98 Å². The molecule has 4 heteroatoms. The average Bonchev–Trinajstić information content (AvgIpc) is 2.79. The van der Waals surface area contributed by atoms with Gasteiger partial charge in [0, 0.05) is 31.1 Å². The summed E-state index contributed by atoms with van der Waals surface area (Å²) in [5, 5.41) is 6.96. The monoisotopic (exact) mass is 297 g/mol. The van der Waals surface area contributed by atoms with Gasteiger partial charge in [0.1, 0.15) is 0 Å². The second-order valence-corrected chi connectivity index (χ2v) is 7.34. The smallest absolute Gasteiger partial charge is 0.0897 e. The Kier molecular flexibility index (Phi) is 7.13. The van der Waals surface area contributed by atoms with E-state index in [1.54, 1.807) is 11.3 Å². The van der Waals surface area contributed by atoms with Crippen molar-refractivity contribution in [3.05, 3.63) is 16.1 Å². The first kappa shape index (κ1) is 17.6. The van der Waals surface area contributed by atoms with Crippen molar-refractivity contribution in [1.29, 1.82) is 0 Å². The SMILES string of the molecule is CCC(CC)(CNC(C)C)CN(C)Cc1csc(C)n1. The standard InChI is InChI=1S/C16H31N3S/c1-7-16(8-2,11-17-13(3)4)12-19(6)9-15-10-20-14(5)18-15/h10,13,17H,7-9,11-12H2,1-6H3. The van der Waals surface area contributed by atoms with E-state index in [1.165, 1.54) is 18.5 Å². The van der Waals surface area contributed by atoms with Crippen LogP contribution >= 0.6 is 11.3 Å². The zero-order valence-corrected chi connectivity index (χ0v) is 14.8. The first-order valence-electron chi connectivity index (χ1n) is 7.73. The van der Waals surface area contributed by atoms with Crippen molar-refractivity contribution in [3.63, 3.8) is 0 Å². The number of nitrogens with one attached hydrogen (secondary N) is 1. The summed E-state index contributed by atoms with van der Waals surface area (Å²) in [5.74, 6) is 0. The fraction of sp³-hybridized carbons (Fsp3) is 0.812. The number of nitrogens with zero attached hydrogens (tertiary/aromatic N) is 2. The maximum absolute atomic E-state index is 4.57. The van der Waals surface area contributed by atoms with Crippen LogP contribution < -0.4 is 5.32 Å². The molecule has 0 aromatic carbocycles. The Morgan fingerprint density at radius 2 is 2.00 bits per heavy atom. The van der Waals surface area contributed by atoms with E-state index in [9.17, 15) is 0 Å². The van der Waals surface area contributed by atoms with Crippen LogP contribution in [0.5, 0.6) is 0 Å². The highest BCUT2D eigenvalue weighted by molar-refractivity contribution is 7.09. The Hall–Kier alpha value is -0.450. The Morgan fingerprint density at radius 3 is 2.45 bits per heavy atom. The molecule has 0 radical (unpaired) electrons. The molecule has 0 amide bonds. The molecule has 0 unspecified atom stereocenters. The van der Waals surface area contributed by atoms with E-state index in [2.05, 4.69) is 62.2 Å². The molecule has 0 saturated heterocycles. The maximum atomic E-state index is 4.57. The van der Waals surface area contributed by atoms with Crippen LogP contribution in [0.1, 0.15) is 51.2 Å². The van der Waals surface area contributed by atoms with Crippen molar-refractivity contribution < 1.29 is 0 Å². The van der Waals surface area contributed by atoms with Crippen molar-refractivity contribution in [3.8, 4) is 0 Å². The van der Waals surface area contributed by atoms with Gasteiger partial charge in [0.15, 0.2) is 0 Å². The van der Waals surface area contributed by atoms with Gasteiger partial charge >= 0.3 is 0 Å². The predicted molar refractivity (Wildman–Crippen MR) is 89.3 cm³/mol. The summed E-state index contributed by atoms with van der Waals surface area (Å²) in [6, 6.07) is 0.555. The molecule has 0 aliphatic heterocycles. The lowest BCUT2D eigenvalue weighted by Gasteiger charge is -2.36. The van der Waals surface area contributed by atoms with Crippen LogP contribution in [-0.2, 0) is 6.54 Å². The Balaban J connectivity index is 2.59. The van der Waals surface area contributed by atoms with E-state index >= 15 is 0 Å². The summed E-state index contributed by atoms with van der Waals surface area (Å²) >= 11 is 1.74. The molecule has 0 aliphatic carbocycles. The number of rotatable bonds is 9. The Morgan fingerprint density at radius 1 is 1.35 bits per heavy atom. The molecule has 20 heavy (non-hydrogen) atoms. The molecular weight excluding hydrogens is 266 g/mol. The molecule has 1 N–H and O–H groups in total. The second-order valence-electron chi connectivity index (χ2n) is 6.27. The molecule has 3 nitrogen and oxygen atoms in total. The van der Waals surface area contributed by atoms with Gasteiger partial charge in [-0.15, -0.1) is 11.3 Å². The number of hydrogen-bond donors (Lipinski definition) is 1. The zero-order valence-electron chi connectivity index (χ0n) is 14.0. The van der Waals surface area contributed by atoms with Crippen LogP contribution in [0, 0.1) is 12.3 Å². The van der Waals surface area contributed by atoms with Crippen molar-refractivity contribution in [2.75, 3.05) is 20.1 Å². The van der Waals surface area contributed by atoms with E-state index in [0.29, 0.717) is 11.5 Å². The Labute approximate surface area is 128 Å². The predicted octanol–water partition coefficient (Wildman–Crippen LogP) is 3.69. The summed E-state index contributed by atoms with van der Waals surface area (Å²) < 4.78 is 0. The summed E-state index contributed by atoms with van der Waals surface area (Å²) in [6.07, 6.45) is 2.42. The van der Waals surface area contributed by atoms with E-state index < -0.39 is 0 Å². The minimum atomic E-state index is 0.365. The third-order valence-electron chi connectivity index (χ3n) is 4.09. The van der Waals surface area contributed by atoms with Crippen molar-refractivity contribution >= 4 is 11.3 Å². The minimum absolute atomic E-state index is 0.365. The van der Waals surface area contributed by atoms with Gasteiger partial charge in [-0.2, -0.15) is 0 Å². The third kappa shape index (κ3) is 5.51. The van der Waals surface area contributed by atoms with Crippen LogP contribution in [0.3, 0.4) is 0 Å². The lowest BCUT2D eigenvalue weighted by atomic mass is 9.81. The van der Waals surface area contributed by atoms with Crippen LogP contribution in [0.15, 0.2) is 5.38 Å². The lowest BCUT2D eigenvalue weighted by Crippen LogP contribution is -2.44. The highest BCUT2D eigenvalue weighted by atomic mass is 32.1. The highest BCUT2D eigenvalue weighted by Gasteiger charge is 2.27. The molecule has 1 rings (SSSR count). The fourth-order valence-electron chi connectivity index (χ4n) is 2.59. The summed E-state index contributed by atoms with van der Waals surface area (Å²) in [5.41, 5.74) is 1.57. The van der Waals surface area contributed by atoms with Gasteiger partial charge in [-0.3, -0.25) is 4.90 Å². The molecule has 0 bridgehead atoms. The van der Waals surface area contributed by atoms with Crippen molar-refractivity contribution in [2.45, 2.75) is 60.0 Å². The molecule has 1 aromatic rings. The van der Waals surface area contributed by atoms with Crippen LogP contribution in [-0.4, -0.2) is 36.1 Å². The molecule has 116 valence electrons. The quantitative estimate of drug-likeness (QED) is 0.753. The fourth-order valence-corrected chi connectivity index (χ4v) is 3.19. The van der Waals surface area contributed by atoms with Crippen LogP contribution in [0.2, 0.25) is 0 Å². The topological polar surface area (TPSA) is 28.2 Å². The summed E-state index contributed by atoms with van der Waals surface area (Å²) in [6.45, 7) is 14.3. The number of aryl methyl sites for hydroxylation is 1. The van der Waals surface area contributed by atoms with Gasteiger partial charge < -0.3 is 5.32 Å². The normalized spacial score (nSPS) is 12.6. The van der Waals surface area contributed by atoms with E-state index in [0.717, 1.165) is 24.6 Å². The largest absolute Gasteiger partial charge is 0.314 e. The van der Waals surface area contributed by atoms with E-state index in [4.69, 9.17) is 0 Å². The average molecular weight is 298 g/mol. The van der Waals surface area contributed by atoms with Gasteiger partial charge in [0.05, 0.1) is 10.7 Å². The number of aromatic nitrogens is 1. The van der Waals surface area contributed by atoms with Gasteiger partial charge in [0.2, 0.25) is 0 Å². The van der Waals surface area contributed by atoms with Gasteiger partial charge in [-0.05, 0) is 32.2 Å². The molecular formula is C16H31N3S. The molecule has 0 fully saturated rings. The molecule has 1 aromatic heterocycles. The first-order valence-corrected chi connectivity index (χ1v) is 8.61. The van der Waals surface area contributed by atoms with Gasteiger partial charge in [0.25, 0.3) is 0 Å². The van der Waals surface area contributed by atoms with Crippen molar-refractivity contribution in [2.24, 2.45) is 5.41 Å². The third-order valence-corrected chi connectivity index (χ3v) is 4.91. The van der Waals surface area contributed by atoms with E-state index in [1.807, 2.05) is 0 Å². The zero-order chi connectivity index (χ0) is 15.2. The van der Waals surface area contributed by atoms with Gasteiger partial charge in [-0.1, -0.05) is 27.7 Å². The Bertz CT molecular complexity index is 383. The number of thiazole rings is 1. The molecule has 0 spiro atoms. The lowest BCUT2D eigenvalue weighted by molar-refractivity contribution is 0.147. The van der Waals surface area contributed by atoms with Crippen LogP contribution in [0.4, 0.5) is 0 Å². The molecule has 0 atom stereocenters. The highest BCUT2D eigenvalue weighted by Crippen LogP contribution is 2.27. The second kappa shape index (κ2) is 8.11. The maximum Gasteiger partial charge on any atom is 0.0897 e.